The van der Waals surface area contributed by atoms with E-state index in [4.69, 9.17) is 0 Å². The molecule has 1 aliphatic rings. The van der Waals surface area contributed by atoms with Gasteiger partial charge < -0.3 is 10.4 Å². The Kier molecular flexibility index (Phi) is 2.52. The number of hydrogen-bond donors (Lipinski definition) is 2. The minimum Gasteiger partial charge on any atom is -0.394 e. The summed E-state index contributed by atoms with van der Waals surface area (Å²) in [6.45, 7) is 2.77. The predicted molar refractivity (Wildman–Crippen MR) is 51.7 cm³/mol. The van der Waals surface area contributed by atoms with Crippen LogP contribution in [-0.2, 0) is 6.54 Å². The number of aliphatic hydroxyl groups is 1. The molecule has 0 bridgehead atoms. The molecule has 1 fully saturated rings. The van der Waals surface area contributed by atoms with Gasteiger partial charge in [0.2, 0.25) is 0 Å². The average molecular weight is 196 g/mol. The number of aliphatic hydroxyl groups excluding tert-OH is 1. The first-order chi connectivity index (χ1) is 6.72. The van der Waals surface area contributed by atoms with Gasteiger partial charge in [-0.2, -0.15) is 5.10 Å². The van der Waals surface area contributed by atoms with Gasteiger partial charge in [0.1, 0.15) is 12.7 Å². The van der Waals surface area contributed by atoms with Crippen molar-refractivity contribution in [3.8, 4) is 0 Å². The summed E-state index contributed by atoms with van der Waals surface area (Å²) in [7, 11) is 0. The molecule has 0 radical (unpaired) electrons. The average Bonchev–Trinajstić information content (AvgIpc) is 2.81. The van der Waals surface area contributed by atoms with E-state index in [0.29, 0.717) is 12.6 Å². The molecule has 1 atom stereocenters. The van der Waals surface area contributed by atoms with E-state index in [-0.39, 0.29) is 12.1 Å². The van der Waals surface area contributed by atoms with Gasteiger partial charge in [0, 0.05) is 6.04 Å². The molecule has 2 rings (SSSR count). The van der Waals surface area contributed by atoms with Crippen LogP contribution in [-0.4, -0.2) is 38.1 Å². The first-order valence-electron chi connectivity index (χ1n) is 4.93. The molecule has 1 aromatic heterocycles. The molecule has 5 nitrogen and oxygen atoms in total. The molecule has 1 saturated carbocycles. The van der Waals surface area contributed by atoms with Crippen LogP contribution in [0.25, 0.3) is 0 Å². The van der Waals surface area contributed by atoms with E-state index in [2.05, 4.69) is 15.4 Å². The largest absolute Gasteiger partial charge is 0.394 e. The zero-order chi connectivity index (χ0) is 10.0. The lowest BCUT2D eigenvalue weighted by atomic mass is 10.0. The molecular formula is C9H16N4O. The first kappa shape index (κ1) is 9.61. The molecule has 0 spiro atoms. The number of aromatic nitrogens is 3. The maximum Gasteiger partial charge on any atom is 0.137 e. The summed E-state index contributed by atoms with van der Waals surface area (Å²) < 4.78 is 1.74. The van der Waals surface area contributed by atoms with Gasteiger partial charge in [-0.1, -0.05) is 0 Å². The first-order valence-corrected chi connectivity index (χ1v) is 4.93. The van der Waals surface area contributed by atoms with Crippen LogP contribution in [0.4, 0.5) is 0 Å². The maximum absolute atomic E-state index is 9.34. The zero-order valence-electron chi connectivity index (χ0n) is 8.35. The van der Waals surface area contributed by atoms with E-state index in [0.717, 1.165) is 0 Å². The predicted octanol–water partition coefficient (Wildman–Crippen LogP) is -0.219. The van der Waals surface area contributed by atoms with Gasteiger partial charge in [-0.05, 0) is 19.8 Å². The van der Waals surface area contributed by atoms with Crippen molar-refractivity contribution in [2.24, 2.45) is 0 Å². The summed E-state index contributed by atoms with van der Waals surface area (Å²) >= 11 is 0. The third-order valence-electron chi connectivity index (χ3n) is 2.46. The summed E-state index contributed by atoms with van der Waals surface area (Å²) in [5.41, 5.74) is -0.283. The molecule has 1 aliphatic carbocycles. The smallest absolute Gasteiger partial charge is 0.137 e. The Morgan fingerprint density at radius 1 is 1.64 bits per heavy atom. The lowest BCUT2D eigenvalue weighted by molar-refractivity contribution is 0.151. The molecule has 2 N–H and O–H groups in total. The fraction of sp³-hybridized carbons (Fsp3) is 0.778. The van der Waals surface area contributed by atoms with Gasteiger partial charge in [0.05, 0.1) is 18.7 Å². The van der Waals surface area contributed by atoms with Gasteiger partial charge in [-0.3, -0.25) is 4.68 Å². The fourth-order valence-electron chi connectivity index (χ4n) is 1.53. The molecule has 1 aromatic rings. The summed E-state index contributed by atoms with van der Waals surface area (Å²) in [5.74, 6) is 0. The summed E-state index contributed by atoms with van der Waals surface area (Å²) in [6.07, 6.45) is 5.61. The molecule has 14 heavy (non-hydrogen) atoms. The molecule has 0 saturated heterocycles. The van der Waals surface area contributed by atoms with Crippen LogP contribution < -0.4 is 5.32 Å². The minimum atomic E-state index is -0.283. The number of rotatable bonds is 5. The third-order valence-corrected chi connectivity index (χ3v) is 2.46. The fourth-order valence-corrected chi connectivity index (χ4v) is 1.53. The molecule has 0 aromatic carbocycles. The SMILES string of the molecule is CC(CO)(Cn1cncn1)NC1CC1. The summed E-state index contributed by atoms with van der Waals surface area (Å²) in [5, 5.41) is 16.8. The molecule has 0 aliphatic heterocycles. The van der Waals surface area contributed by atoms with Crippen molar-refractivity contribution in [2.45, 2.75) is 37.9 Å². The van der Waals surface area contributed by atoms with Crippen LogP contribution >= 0.6 is 0 Å². The number of hydrogen-bond acceptors (Lipinski definition) is 4. The Hall–Kier alpha value is -0.940. The quantitative estimate of drug-likeness (QED) is 0.683. The number of nitrogens with one attached hydrogen (secondary N) is 1. The van der Waals surface area contributed by atoms with Crippen LogP contribution in [0.15, 0.2) is 12.7 Å². The van der Waals surface area contributed by atoms with Gasteiger partial charge in [-0.15, -0.1) is 0 Å². The summed E-state index contributed by atoms with van der Waals surface area (Å²) in [4.78, 5) is 3.88. The van der Waals surface area contributed by atoms with Crippen molar-refractivity contribution in [1.29, 1.82) is 0 Å². The summed E-state index contributed by atoms with van der Waals surface area (Å²) in [6, 6.07) is 0.579. The van der Waals surface area contributed by atoms with Gasteiger partial charge in [0.15, 0.2) is 0 Å². The van der Waals surface area contributed by atoms with E-state index >= 15 is 0 Å². The normalized spacial score (nSPS) is 20.7. The van der Waals surface area contributed by atoms with Crippen molar-refractivity contribution < 1.29 is 5.11 Å². The molecule has 5 heteroatoms. The molecule has 1 unspecified atom stereocenters. The van der Waals surface area contributed by atoms with Crippen LogP contribution in [0.5, 0.6) is 0 Å². The highest BCUT2D eigenvalue weighted by atomic mass is 16.3. The van der Waals surface area contributed by atoms with Crippen molar-refractivity contribution in [1.82, 2.24) is 20.1 Å². The zero-order valence-corrected chi connectivity index (χ0v) is 8.35. The van der Waals surface area contributed by atoms with Gasteiger partial charge >= 0.3 is 0 Å². The van der Waals surface area contributed by atoms with Crippen LogP contribution in [0.3, 0.4) is 0 Å². The topological polar surface area (TPSA) is 63.0 Å². The Bertz CT molecular complexity index is 283. The highest BCUT2D eigenvalue weighted by Gasteiger charge is 2.32. The Balaban J connectivity index is 1.96. The Morgan fingerprint density at radius 3 is 2.93 bits per heavy atom. The third kappa shape index (κ3) is 2.30. The van der Waals surface area contributed by atoms with Crippen molar-refractivity contribution >= 4 is 0 Å². The van der Waals surface area contributed by atoms with Gasteiger partial charge in [-0.25, -0.2) is 4.98 Å². The van der Waals surface area contributed by atoms with Crippen molar-refractivity contribution in [3.63, 3.8) is 0 Å². The lowest BCUT2D eigenvalue weighted by Crippen LogP contribution is -2.50. The standard InChI is InChI=1S/C9H16N4O/c1-9(5-14,12-8-2-3-8)4-13-7-10-6-11-13/h6-8,12,14H,2-5H2,1H3. The van der Waals surface area contributed by atoms with E-state index in [1.807, 2.05) is 6.92 Å². The number of nitrogens with zero attached hydrogens (tertiary/aromatic N) is 3. The lowest BCUT2D eigenvalue weighted by Gasteiger charge is -2.28. The molecule has 1 heterocycles. The van der Waals surface area contributed by atoms with Crippen LogP contribution in [0.2, 0.25) is 0 Å². The second-order valence-corrected chi connectivity index (χ2v) is 4.23. The second kappa shape index (κ2) is 3.67. The second-order valence-electron chi connectivity index (χ2n) is 4.23. The Labute approximate surface area is 83.2 Å². The Morgan fingerprint density at radius 2 is 2.43 bits per heavy atom. The van der Waals surface area contributed by atoms with Crippen molar-refractivity contribution in [2.75, 3.05) is 6.61 Å². The van der Waals surface area contributed by atoms with E-state index < -0.39 is 0 Å². The molecule has 78 valence electrons. The van der Waals surface area contributed by atoms with E-state index in [9.17, 15) is 5.11 Å². The maximum atomic E-state index is 9.34. The van der Waals surface area contributed by atoms with E-state index in [1.54, 1.807) is 11.0 Å². The highest BCUT2D eigenvalue weighted by molar-refractivity contribution is 4.92. The highest BCUT2D eigenvalue weighted by Crippen LogP contribution is 2.22. The molecule has 0 amide bonds. The van der Waals surface area contributed by atoms with Crippen LogP contribution in [0, 0.1) is 0 Å². The van der Waals surface area contributed by atoms with Crippen LogP contribution in [0.1, 0.15) is 19.8 Å². The molecular weight excluding hydrogens is 180 g/mol. The van der Waals surface area contributed by atoms with Crippen molar-refractivity contribution in [3.05, 3.63) is 12.7 Å². The monoisotopic (exact) mass is 196 g/mol. The van der Waals surface area contributed by atoms with Gasteiger partial charge in [0.25, 0.3) is 0 Å². The van der Waals surface area contributed by atoms with E-state index in [1.165, 1.54) is 19.2 Å². The minimum absolute atomic E-state index is 0.114.